The molecule has 2 aromatic rings. The van der Waals surface area contributed by atoms with Crippen LogP contribution in [0.2, 0.25) is 0 Å². The van der Waals surface area contributed by atoms with Gasteiger partial charge in [0, 0.05) is 11.1 Å². The third-order valence-corrected chi connectivity index (χ3v) is 5.17. The predicted octanol–water partition coefficient (Wildman–Crippen LogP) is 4.70. The summed E-state index contributed by atoms with van der Waals surface area (Å²) in [6.07, 6.45) is 1.30. The molecule has 31 heavy (non-hydrogen) atoms. The van der Waals surface area contributed by atoms with Gasteiger partial charge in [-0.1, -0.05) is 44.9 Å². The number of carboxylic acids is 1. The van der Waals surface area contributed by atoms with Gasteiger partial charge in [-0.3, -0.25) is 0 Å². The van der Waals surface area contributed by atoms with E-state index >= 15 is 0 Å². The van der Waals surface area contributed by atoms with Crippen LogP contribution in [0, 0.1) is 0 Å². The lowest BCUT2D eigenvalue weighted by molar-refractivity contribution is -0.145. The predicted molar refractivity (Wildman–Crippen MR) is 117 cm³/mol. The molecule has 170 valence electrons. The Bertz CT molecular complexity index is 847. The topological polar surface area (TPSA) is 94.5 Å². The first-order chi connectivity index (χ1) is 14.8. The minimum absolute atomic E-state index is 0.325. The lowest BCUT2D eigenvalue weighted by Gasteiger charge is -2.31. The molecule has 0 spiro atoms. The van der Waals surface area contributed by atoms with Gasteiger partial charge in [0.2, 0.25) is 11.9 Å². The summed E-state index contributed by atoms with van der Waals surface area (Å²) in [7, 11) is 4.40. The average molecular weight is 433 g/mol. The number of rotatable bonds is 12. The highest BCUT2D eigenvalue weighted by molar-refractivity contribution is 5.76. The fourth-order valence-electron chi connectivity index (χ4n) is 3.82. The Hall–Kier alpha value is -2.93. The minimum Gasteiger partial charge on any atom is -0.493 e. The van der Waals surface area contributed by atoms with Gasteiger partial charge in [-0.05, 0) is 31.0 Å². The molecule has 0 radical (unpaired) electrons. The number of carboxylic acid groups (broad SMARTS) is 1. The lowest BCUT2D eigenvalue weighted by Crippen LogP contribution is -2.27. The van der Waals surface area contributed by atoms with E-state index in [2.05, 4.69) is 0 Å². The zero-order valence-corrected chi connectivity index (χ0v) is 18.8. The Morgan fingerprint density at radius 3 is 1.94 bits per heavy atom. The molecule has 0 bridgehead atoms. The summed E-state index contributed by atoms with van der Waals surface area (Å²) in [6, 6.07) is 10.1. The second kappa shape index (κ2) is 10.9. The number of aliphatic carboxylic acids is 1. The molecule has 0 fully saturated rings. The Labute approximate surface area is 183 Å². The van der Waals surface area contributed by atoms with Gasteiger partial charge in [0.1, 0.15) is 5.75 Å². The van der Waals surface area contributed by atoms with Crippen LogP contribution in [0.1, 0.15) is 56.8 Å². The quantitative estimate of drug-likeness (QED) is 0.502. The fraction of sp³-hybridized carbons (Fsp3) is 0.458. The van der Waals surface area contributed by atoms with Crippen molar-refractivity contribution in [1.82, 2.24) is 0 Å². The molecule has 2 rings (SSSR count). The molecule has 7 heteroatoms. The molecule has 1 atom stereocenters. The molecule has 2 aromatic carbocycles. The molecule has 1 unspecified atom stereocenters. The van der Waals surface area contributed by atoms with Crippen LogP contribution in [0.5, 0.6) is 23.0 Å². The van der Waals surface area contributed by atoms with Crippen molar-refractivity contribution in [3.05, 3.63) is 47.5 Å². The molecule has 0 amide bonds. The van der Waals surface area contributed by atoms with Crippen molar-refractivity contribution >= 4 is 5.97 Å². The van der Waals surface area contributed by atoms with Crippen LogP contribution in [0.15, 0.2) is 36.4 Å². The van der Waals surface area contributed by atoms with Gasteiger partial charge in [-0.2, -0.15) is 0 Å². The molecular weight excluding hydrogens is 400 g/mol. The molecule has 0 heterocycles. The molecule has 0 aliphatic rings. The summed E-state index contributed by atoms with van der Waals surface area (Å²) in [4.78, 5) is 12.2. The van der Waals surface area contributed by atoms with Crippen LogP contribution in [0.4, 0.5) is 0 Å². The SMILES string of the molecule is CCCC(O)(CCC)c1ccccc1OC(C(=O)O)c1cc(OC)c(OC)c(OC)c1. The van der Waals surface area contributed by atoms with Crippen LogP contribution in [0.3, 0.4) is 0 Å². The van der Waals surface area contributed by atoms with E-state index in [-0.39, 0.29) is 0 Å². The minimum atomic E-state index is -1.35. The highest BCUT2D eigenvalue weighted by Crippen LogP contribution is 2.42. The number of para-hydroxylation sites is 1. The summed E-state index contributed by atoms with van der Waals surface area (Å²) >= 11 is 0. The summed E-state index contributed by atoms with van der Waals surface area (Å²) in [5, 5.41) is 21.3. The number of ether oxygens (including phenoxy) is 4. The molecule has 7 nitrogen and oxygen atoms in total. The molecular formula is C24H32O7. The Morgan fingerprint density at radius 2 is 1.48 bits per heavy atom. The van der Waals surface area contributed by atoms with E-state index in [9.17, 15) is 15.0 Å². The smallest absolute Gasteiger partial charge is 0.349 e. The highest BCUT2D eigenvalue weighted by atomic mass is 16.5. The second-order valence-corrected chi connectivity index (χ2v) is 7.32. The number of hydrogen-bond acceptors (Lipinski definition) is 6. The second-order valence-electron chi connectivity index (χ2n) is 7.32. The maximum absolute atomic E-state index is 12.2. The van der Waals surface area contributed by atoms with Crippen LogP contribution in [-0.4, -0.2) is 37.5 Å². The first kappa shape index (κ1) is 24.3. The van der Waals surface area contributed by atoms with Gasteiger partial charge in [0.25, 0.3) is 0 Å². The van der Waals surface area contributed by atoms with Crippen molar-refractivity contribution in [1.29, 1.82) is 0 Å². The van der Waals surface area contributed by atoms with Crippen molar-refractivity contribution in [2.75, 3.05) is 21.3 Å². The number of aliphatic hydroxyl groups is 1. The lowest BCUT2D eigenvalue weighted by atomic mass is 9.84. The monoisotopic (exact) mass is 432 g/mol. The normalized spacial score (nSPS) is 12.2. The van der Waals surface area contributed by atoms with E-state index in [1.165, 1.54) is 21.3 Å². The molecule has 0 aliphatic heterocycles. The van der Waals surface area contributed by atoms with Gasteiger partial charge in [0.15, 0.2) is 11.5 Å². The van der Waals surface area contributed by atoms with Gasteiger partial charge < -0.3 is 29.2 Å². The van der Waals surface area contributed by atoms with E-state index in [0.717, 1.165) is 12.8 Å². The van der Waals surface area contributed by atoms with E-state index in [4.69, 9.17) is 18.9 Å². The van der Waals surface area contributed by atoms with Gasteiger partial charge in [-0.25, -0.2) is 4.79 Å². The molecule has 0 aromatic heterocycles. The summed E-state index contributed by atoms with van der Waals surface area (Å²) in [5.41, 5.74) is -0.193. The van der Waals surface area contributed by atoms with Crippen molar-refractivity contribution < 1.29 is 34.0 Å². The van der Waals surface area contributed by atoms with Crippen molar-refractivity contribution in [2.24, 2.45) is 0 Å². The molecule has 0 aliphatic carbocycles. The molecule has 0 saturated carbocycles. The third-order valence-electron chi connectivity index (χ3n) is 5.17. The Kier molecular flexibility index (Phi) is 8.56. The maximum atomic E-state index is 12.2. The zero-order valence-electron chi connectivity index (χ0n) is 18.8. The summed E-state index contributed by atoms with van der Waals surface area (Å²) in [6.45, 7) is 4.00. The van der Waals surface area contributed by atoms with Crippen molar-refractivity contribution in [3.8, 4) is 23.0 Å². The number of hydrogen-bond donors (Lipinski definition) is 2. The number of benzene rings is 2. The number of carbonyl (C=O) groups is 1. The maximum Gasteiger partial charge on any atom is 0.349 e. The highest BCUT2D eigenvalue weighted by Gasteiger charge is 2.33. The van der Waals surface area contributed by atoms with Crippen molar-refractivity contribution in [3.63, 3.8) is 0 Å². The van der Waals surface area contributed by atoms with E-state index < -0.39 is 17.7 Å². The van der Waals surface area contributed by atoms with Gasteiger partial charge in [0.05, 0.1) is 26.9 Å². The van der Waals surface area contributed by atoms with Crippen molar-refractivity contribution in [2.45, 2.75) is 51.2 Å². The fourth-order valence-corrected chi connectivity index (χ4v) is 3.82. The Balaban J connectivity index is 2.55. The van der Waals surface area contributed by atoms with Gasteiger partial charge in [-0.15, -0.1) is 0 Å². The number of methoxy groups -OCH3 is 3. The molecule has 0 saturated heterocycles. The van der Waals surface area contributed by atoms with E-state index in [1.807, 2.05) is 19.9 Å². The van der Waals surface area contributed by atoms with Crippen LogP contribution < -0.4 is 18.9 Å². The van der Waals surface area contributed by atoms with Crippen LogP contribution >= 0.6 is 0 Å². The first-order valence-electron chi connectivity index (χ1n) is 10.4. The van der Waals surface area contributed by atoms with E-state index in [1.54, 1.807) is 30.3 Å². The summed E-state index contributed by atoms with van der Waals surface area (Å²) < 4.78 is 22.0. The van der Waals surface area contributed by atoms with Crippen LogP contribution in [0.25, 0.3) is 0 Å². The third kappa shape index (κ3) is 5.41. The van der Waals surface area contributed by atoms with Gasteiger partial charge >= 0.3 is 5.97 Å². The Morgan fingerprint density at radius 1 is 0.935 bits per heavy atom. The largest absolute Gasteiger partial charge is 0.493 e. The first-order valence-corrected chi connectivity index (χ1v) is 10.4. The average Bonchev–Trinajstić information content (AvgIpc) is 2.76. The van der Waals surface area contributed by atoms with E-state index in [0.29, 0.717) is 47.0 Å². The molecule has 2 N–H and O–H groups in total. The van der Waals surface area contributed by atoms with Crippen LogP contribution in [-0.2, 0) is 10.4 Å². The summed E-state index contributed by atoms with van der Waals surface area (Å²) in [5.74, 6) is 0.159. The standard InChI is InChI=1S/C24H32O7/c1-6-12-24(27,13-7-2)17-10-8-9-11-18(17)31-21(23(25)26)16-14-19(28-3)22(30-5)20(15-16)29-4/h8-11,14-15,21,27H,6-7,12-13H2,1-5H3,(H,25,26). The zero-order chi connectivity index (χ0) is 23.0.